The summed E-state index contributed by atoms with van der Waals surface area (Å²) >= 11 is 0. The van der Waals surface area contributed by atoms with Crippen LogP contribution in [0.3, 0.4) is 0 Å². The predicted molar refractivity (Wildman–Crippen MR) is 143 cm³/mol. The van der Waals surface area contributed by atoms with Crippen LogP contribution in [0.2, 0.25) is 0 Å². The number of methoxy groups -OCH3 is 2. The lowest BCUT2D eigenvalue weighted by Crippen LogP contribution is -2.38. The van der Waals surface area contributed by atoms with Gasteiger partial charge in [0.05, 0.1) is 14.2 Å². The highest BCUT2D eigenvalue weighted by Gasteiger charge is 2.22. The van der Waals surface area contributed by atoms with E-state index < -0.39 is 0 Å². The van der Waals surface area contributed by atoms with Crippen LogP contribution in [0.5, 0.6) is 23.0 Å². The van der Waals surface area contributed by atoms with E-state index in [1.165, 1.54) is 5.56 Å². The lowest BCUT2D eigenvalue weighted by Gasteiger charge is -2.32. The van der Waals surface area contributed by atoms with E-state index in [-0.39, 0.29) is 0 Å². The number of benzene rings is 3. The summed E-state index contributed by atoms with van der Waals surface area (Å²) in [5.41, 5.74) is 3.07. The van der Waals surface area contributed by atoms with Crippen molar-refractivity contribution in [3.8, 4) is 34.3 Å². The quantitative estimate of drug-likeness (QED) is 0.376. The number of aromatic nitrogens is 2. The number of piperidine rings is 1. The molecule has 0 saturated carbocycles. The minimum atomic E-state index is 0.306. The van der Waals surface area contributed by atoms with Crippen LogP contribution < -0.4 is 24.3 Å². The second-order valence-electron chi connectivity index (χ2n) is 9.42. The molecule has 0 atom stereocenters. The minimum Gasteiger partial charge on any atom is -0.497 e. The number of hydrogen-bond acceptors (Lipinski definition) is 8. The highest BCUT2D eigenvalue weighted by Crippen LogP contribution is 2.35. The van der Waals surface area contributed by atoms with Crippen LogP contribution in [-0.2, 0) is 6.54 Å². The van der Waals surface area contributed by atoms with E-state index in [9.17, 15) is 0 Å². The number of hydrogen-bond donors (Lipinski definition) is 1. The maximum atomic E-state index is 5.53. The largest absolute Gasteiger partial charge is 0.497 e. The predicted octanol–water partition coefficient (Wildman–Crippen LogP) is 5.12. The molecule has 1 N–H and O–H groups in total. The molecule has 6 rings (SSSR count). The topological polar surface area (TPSA) is 78.0 Å². The first-order valence-electron chi connectivity index (χ1n) is 12.6. The van der Waals surface area contributed by atoms with Gasteiger partial charge in [0, 0.05) is 42.0 Å². The first-order chi connectivity index (χ1) is 18.2. The molecule has 0 radical (unpaired) electrons. The number of anilines is 1. The van der Waals surface area contributed by atoms with E-state index in [0.29, 0.717) is 12.8 Å². The summed E-state index contributed by atoms with van der Waals surface area (Å²) in [6, 6.07) is 20.5. The third kappa shape index (κ3) is 4.84. The Balaban J connectivity index is 1.18. The van der Waals surface area contributed by atoms with E-state index in [1.54, 1.807) is 14.2 Å². The Labute approximate surface area is 216 Å². The maximum absolute atomic E-state index is 5.53. The summed E-state index contributed by atoms with van der Waals surface area (Å²) in [6.45, 7) is 3.22. The normalized spacial score (nSPS) is 15.6. The SMILES string of the molecule is COc1ccc(-c2nnc(NC3CCN(Cc4ccc5c(c4)OCO5)CC3)c3cc(OC)ccc23)cc1. The zero-order valence-electron chi connectivity index (χ0n) is 21.1. The van der Waals surface area contributed by atoms with Gasteiger partial charge in [0.25, 0.3) is 0 Å². The Morgan fingerprint density at radius 3 is 2.38 bits per heavy atom. The molecule has 3 heterocycles. The average molecular weight is 499 g/mol. The lowest BCUT2D eigenvalue weighted by atomic mass is 10.0. The van der Waals surface area contributed by atoms with Gasteiger partial charge in [-0.25, -0.2) is 0 Å². The second-order valence-corrected chi connectivity index (χ2v) is 9.42. The molecule has 0 unspecified atom stereocenters. The molecule has 3 aromatic carbocycles. The lowest BCUT2D eigenvalue weighted by molar-refractivity contribution is 0.173. The Morgan fingerprint density at radius 1 is 0.838 bits per heavy atom. The molecule has 2 aliphatic heterocycles. The summed E-state index contributed by atoms with van der Waals surface area (Å²) in [5.74, 6) is 4.07. The van der Waals surface area contributed by atoms with Crippen LogP contribution in [0.4, 0.5) is 5.82 Å². The zero-order chi connectivity index (χ0) is 25.2. The summed E-state index contributed by atoms with van der Waals surface area (Å²) in [5, 5.41) is 15.0. The molecule has 1 saturated heterocycles. The van der Waals surface area contributed by atoms with Crippen molar-refractivity contribution >= 4 is 16.6 Å². The highest BCUT2D eigenvalue weighted by atomic mass is 16.7. The fourth-order valence-corrected chi connectivity index (χ4v) is 5.06. The molecular weight excluding hydrogens is 468 g/mol. The van der Waals surface area contributed by atoms with Gasteiger partial charge < -0.3 is 24.3 Å². The summed E-state index contributed by atoms with van der Waals surface area (Å²) in [6.07, 6.45) is 2.05. The molecule has 8 nitrogen and oxygen atoms in total. The number of nitrogens with zero attached hydrogens (tertiary/aromatic N) is 3. The Hall–Kier alpha value is -4.04. The van der Waals surface area contributed by atoms with Crippen molar-refractivity contribution in [2.75, 3.05) is 39.4 Å². The Bertz CT molecular complexity index is 1400. The summed E-state index contributed by atoms with van der Waals surface area (Å²) < 4.78 is 21.8. The van der Waals surface area contributed by atoms with E-state index in [2.05, 4.69) is 38.6 Å². The molecule has 37 heavy (non-hydrogen) atoms. The highest BCUT2D eigenvalue weighted by molar-refractivity contribution is 6.00. The third-order valence-corrected chi connectivity index (χ3v) is 7.12. The van der Waals surface area contributed by atoms with Crippen molar-refractivity contribution in [3.63, 3.8) is 0 Å². The smallest absolute Gasteiger partial charge is 0.231 e. The van der Waals surface area contributed by atoms with E-state index in [0.717, 1.165) is 83.3 Å². The standard InChI is InChI=1S/C29H30N4O4/c1-34-22-6-4-20(5-7-22)28-24-9-8-23(35-2)16-25(24)29(32-31-28)30-21-11-13-33(14-12-21)17-19-3-10-26-27(15-19)37-18-36-26/h3-10,15-16,21H,11-14,17-18H2,1-2H3,(H,30,32). The van der Waals surface area contributed by atoms with Crippen molar-refractivity contribution in [1.29, 1.82) is 0 Å². The molecule has 0 amide bonds. The second kappa shape index (κ2) is 10.1. The Kier molecular flexibility index (Phi) is 6.40. The van der Waals surface area contributed by atoms with Crippen molar-refractivity contribution in [2.45, 2.75) is 25.4 Å². The van der Waals surface area contributed by atoms with Gasteiger partial charge >= 0.3 is 0 Å². The molecule has 1 fully saturated rings. The molecule has 190 valence electrons. The number of ether oxygens (including phenoxy) is 4. The summed E-state index contributed by atoms with van der Waals surface area (Å²) in [4.78, 5) is 2.48. The average Bonchev–Trinajstić information content (AvgIpc) is 3.42. The molecule has 2 aliphatic rings. The zero-order valence-corrected chi connectivity index (χ0v) is 21.1. The molecular formula is C29H30N4O4. The van der Waals surface area contributed by atoms with Gasteiger partial charge in [0.15, 0.2) is 17.3 Å². The van der Waals surface area contributed by atoms with Crippen LogP contribution in [0.15, 0.2) is 60.7 Å². The van der Waals surface area contributed by atoms with Crippen LogP contribution in [-0.4, -0.2) is 55.2 Å². The summed E-state index contributed by atoms with van der Waals surface area (Å²) in [7, 11) is 3.35. The number of rotatable bonds is 7. The van der Waals surface area contributed by atoms with Crippen molar-refractivity contribution < 1.29 is 18.9 Å². The van der Waals surface area contributed by atoms with Gasteiger partial charge in [-0.2, -0.15) is 0 Å². The van der Waals surface area contributed by atoms with E-state index in [1.807, 2.05) is 42.5 Å². The fourth-order valence-electron chi connectivity index (χ4n) is 5.06. The van der Waals surface area contributed by atoms with Crippen molar-refractivity contribution in [3.05, 3.63) is 66.2 Å². The van der Waals surface area contributed by atoms with Crippen LogP contribution in [0, 0.1) is 0 Å². The van der Waals surface area contributed by atoms with Gasteiger partial charge in [-0.05, 0) is 73.0 Å². The molecule has 1 aromatic heterocycles. The fraction of sp³-hybridized carbons (Fsp3) is 0.310. The van der Waals surface area contributed by atoms with E-state index in [4.69, 9.17) is 18.9 Å². The van der Waals surface area contributed by atoms with Gasteiger partial charge in [-0.15, -0.1) is 10.2 Å². The third-order valence-electron chi connectivity index (χ3n) is 7.12. The van der Waals surface area contributed by atoms with Crippen molar-refractivity contribution in [1.82, 2.24) is 15.1 Å². The first-order valence-corrected chi connectivity index (χ1v) is 12.6. The monoisotopic (exact) mass is 498 g/mol. The number of likely N-dealkylation sites (tertiary alicyclic amines) is 1. The van der Waals surface area contributed by atoms with E-state index >= 15 is 0 Å². The van der Waals surface area contributed by atoms with Gasteiger partial charge in [-0.3, -0.25) is 4.90 Å². The molecule has 0 aliphatic carbocycles. The van der Waals surface area contributed by atoms with Crippen molar-refractivity contribution in [2.24, 2.45) is 0 Å². The van der Waals surface area contributed by atoms with Gasteiger partial charge in [0.2, 0.25) is 6.79 Å². The van der Waals surface area contributed by atoms with Crippen LogP contribution in [0.25, 0.3) is 22.0 Å². The van der Waals surface area contributed by atoms with Gasteiger partial charge in [0.1, 0.15) is 17.2 Å². The van der Waals surface area contributed by atoms with Gasteiger partial charge in [-0.1, -0.05) is 6.07 Å². The first kappa shape index (κ1) is 23.4. The minimum absolute atomic E-state index is 0.306. The van der Waals surface area contributed by atoms with Crippen LogP contribution in [0.1, 0.15) is 18.4 Å². The number of nitrogens with one attached hydrogen (secondary N) is 1. The number of fused-ring (bicyclic) bond motifs is 2. The van der Waals surface area contributed by atoms with Crippen LogP contribution >= 0.6 is 0 Å². The molecule has 4 aromatic rings. The molecule has 0 bridgehead atoms. The molecule has 0 spiro atoms. The molecule has 8 heteroatoms. The maximum Gasteiger partial charge on any atom is 0.231 e. The Morgan fingerprint density at radius 2 is 1.59 bits per heavy atom.